The second kappa shape index (κ2) is 14.5. The van der Waals surface area contributed by atoms with Crippen LogP contribution in [0.4, 0.5) is 11.4 Å². The molecule has 5 N–H and O–H groups in total. The van der Waals surface area contributed by atoms with Gasteiger partial charge in [0.15, 0.2) is 6.54 Å². The summed E-state index contributed by atoms with van der Waals surface area (Å²) < 4.78 is 12.6. The molecule has 16 nitrogen and oxygen atoms in total. The van der Waals surface area contributed by atoms with Crippen molar-refractivity contribution in [1.82, 2.24) is 14.9 Å². The van der Waals surface area contributed by atoms with Crippen molar-refractivity contribution in [2.24, 2.45) is 11.5 Å². The van der Waals surface area contributed by atoms with E-state index in [2.05, 4.69) is 10.2 Å². The Labute approximate surface area is 206 Å². The molecule has 0 bridgehead atoms. The van der Waals surface area contributed by atoms with Gasteiger partial charge in [0.2, 0.25) is 11.4 Å². The van der Waals surface area contributed by atoms with E-state index in [1.807, 2.05) is 13.8 Å². The number of carbonyl (C=O) groups is 2. The van der Waals surface area contributed by atoms with Crippen molar-refractivity contribution in [3.8, 4) is 0 Å². The van der Waals surface area contributed by atoms with Gasteiger partial charge >= 0.3 is 11.4 Å². The Kier molecular flexibility index (Phi) is 12.1. The highest BCUT2D eigenvalue weighted by molar-refractivity contribution is 5.95. The van der Waals surface area contributed by atoms with Gasteiger partial charge < -0.3 is 20.9 Å². The summed E-state index contributed by atoms with van der Waals surface area (Å²) in [6.45, 7) is 5.12. The maximum atomic E-state index is 11.3. The van der Waals surface area contributed by atoms with Gasteiger partial charge in [-0.05, 0) is 12.8 Å². The minimum absolute atomic E-state index is 0.166. The molecule has 0 saturated heterocycles. The van der Waals surface area contributed by atoms with Crippen molar-refractivity contribution >= 4 is 23.2 Å². The molecule has 36 heavy (non-hydrogen) atoms. The van der Waals surface area contributed by atoms with E-state index in [0.717, 1.165) is 6.42 Å². The highest BCUT2D eigenvalue weighted by atomic mass is 16.6. The van der Waals surface area contributed by atoms with Crippen LogP contribution in [-0.2, 0) is 35.4 Å². The van der Waals surface area contributed by atoms with Crippen molar-refractivity contribution in [2.75, 3.05) is 27.4 Å². The average molecular weight is 514 g/mol. The first-order valence-electron chi connectivity index (χ1n) is 11.2. The molecule has 2 aromatic rings. The molecule has 16 heteroatoms. The molecule has 2 rings (SSSR count). The Morgan fingerprint density at radius 2 is 1.58 bits per heavy atom. The number of rotatable bonds is 14. The van der Waals surface area contributed by atoms with E-state index in [4.69, 9.17) is 20.9 Å². The lowest BCUT2D eigenvalue weighted by atomic mass is 10.2. The topological polar surface area (TPSA) is 228 Å². The monoisotopic (exact) mass is 513 g/mol. The normalized spacial score (nSPS) is 10.6. The fourth-order valence-corrected chi connectivity index (χ4v) is 3.44. The number of aryl methyl sites for hydroxylation is 1. The van der Waals surface area contributed by atoms with E-state index in [1.54, 1.807) is 4.68 Å². The van der Waals surface area contributed by atoms with Gasteiger partial charge in [-0.15, -0.1) is 4.68 Å². The van der Waals surface area contributed by atoms with Gasteiger partial charge in [-0.3, -0.25) is 34.5 Å². The summed E-state index contributed by atoms with van der Waals surface area (Å²) in [5.74, 6) is -1.69. The van der Waals surface area contributed by atoms with Gasteiger partial charge in [-0.25, -0.2) is 0 Å². The number of hydrogen-bond donors (Lipinski definition) is 3. The van der Waals surface area contributed by atoms with E-state index in [0.29, 0.717) is 44.7 Å². The minimum atomic E-state index is -0.854. The largest absolute Gasteiger partial charge is 0.383 e. The SMILES string of the molecule is CCCc1c([N+](=O)[O-])c(C(N)=O)[nH][n+]1CCOC.CCCc1nn(CCOC)c(C(N)=O)c1[N+](=O)[O-]. The summed E-state index contributed by atoms with van der Waals surface area (Å²) in [7, 11) is 3.03. The lowest BCUT2D eigenvalue weighted by molar-refractivity contribution is -0.758. The van der Waals surface area contributed by atoms with Gasteiger partial charge in [0.1, 0.15) is 12.3 Å². The molecule has 0 unspecified atom stereocenters. The summed E-state index contributed by atoms with van der Waals surface area (Å²) in [4.78, 5) is 43.4. The van der Waals surface area contributed by atoms with Crippen molar-refractivity contribution in [3.05, 3.63) is 43.0 Å². The maximum Gasteiger partial charge on any atom is 0.372 e. The van der Waals surface area contributed by atoms with Gasteiger partial charge in [0.25, 0.3) is 17.5 Å². The number of aromatic nitrogens is 4. The number of ether oxygens (including phenoxy) is 2. The highest BCUT2D eigenvalue weighted by Gasteiger charge is 2.36. The van der Waals surface area contributed by atoms with Crippen molar-refractivity contribution in [3.63, 3.8) is 0 Å². The summed E-state index contributed by atoms with van der Waals surface area (Å²) in [6.07, 6.45) is 2.34. The molecular formula is C20H33N8O8+. The summed E-state index contributed by atoms with van der Waals surface area (Å²) >= 11 is 0. The molecule has 0 aliphatic rings. The number of nitrogens with two attached hydrogens (primary N) is 2. The predicted molar refractivity (Wildman–Crippen MR) is 125 cm³/mol. The fraction of sp³-hybridized carbons (Fsp3) is 0.600. The molecule has 2 amide bonds. The van der Waals surface area contributed by atoms with Crippen LogP contribution in [0.5, 0.6) is 0 Å². The van der Waals surface area contributed by atoms with Crippen LogP contribution in [0.2, 0.25) is 0 Å². The number of nitrogens with one attached hydrogen (secondary N) is 1. The highest BCUT2D eigenvalue weighted by Crippen LogP contribution is 2.24. The van der Waals surface area contributed by atoms with Crippen LogP contribution in [0.3, 0.4) is 0 Å². The maximum absolute atomic E-state index is 11.3. The van der Waals surface area contributed by atoms with Crippen LogP contribution >= 0.6 is 0 Å². The number of methoxy groups -OCH3 is 2. The number of aromatic amines is 1. The second-order valence-corrected chi connectivity index (χ2v) is 7.53. The molecule has 200 valence electrons. The molecule has 0 aliphatic carbocycles. The Balaban J connectivity index is 0.000000360. The van der Waals surface area contributed by atoms with Gasteiger partial charge in [0.05, 0.1) is 23.0 Å². The van der Waals surface area contributed by atoms with Crippen LogP contribution in [-0.4, -0.2) is 64.0 Å². The van der Waals surface area contributed by atoms with Crippen molar-refractivity contribution < 1.29 is 33.6 Å². The van der Waals surface area contributed by atoms with Gasteiger partial charge in [-0.1, -0.05) is 20.3 Å². The molecule has 0 fully saturated rings. The third-order valence-electron chi connectivity index (χ3n) is 4.92. The standard InChI is InChI=1S/2C10H16N4O4/c1-3-4-7-9(14(16)17)8(10(11)15)12-13(7)5-6-18-2;1-3-4-7-8(14(16)17)9(10(11)15)13(12-7)5-6-18-2/h2*3-6H2,1-2H3,(H2,11,15)/p+1. The molecule has 0 spiro atoms. The van der Waals surface area contributed by atoms with Crippen LogP contribution in [0, 0.1) is 20.2 Å². The van der Waals surface area contributed by atoms with Gasteiger partial charge in [-0.2, -0.15) is 10.2 Å². The number of carbonyl (C=O) groups excluding carboxylic acids is 2. The Morgan fingerprint density at radius 3 is 2.03 bits per heavy atom. The van der Waals surface area contributed by atoms with Crippen LogP contribution < -0.4 is 16.1 Å². The summed E-state index contributed by atoms with van der Waals surface area (Å²) in [6, 6.07) is 0. The first kappa shape index (κ1) is 30.1. The smallest absolute Gasteiger partial charge is 0.372 e. The molecule has 2 heterocycles. The molecule has 0 atom stereocenters. The number of H-pyrrole nitrogens is 1. The number of hydrogen-bond acceptors (Lipinski definition) is 9. The number of nitrogens with zero attached hydrogens (tertiary/aromatic N) is 5. The Morgan fingerprint density at radius 1 is 1.00 bits per heavy atom. The molecule has 0 aromatic carbocycles. The fourth-order valence-electron chi connectivity index (χ4n) is 3.44. The number of nitro groups is 2. The van der Waals surface area contributed by atoms with E-state index in [-0.39, 0.29) is 35.0 Å². The first-order valence-corrected chi connectivity index (χ1v) is 11.2. The predicted octanol–water partition coefficient (Wildman–Crippen LogP) is 0.397. The minimum Gasteiger partial charge on any atom is -0.383 e. The third-order valence-corrected chi connectivity index (χ3v) is 4.92. The zero-order valence-electron chi connectivity index (χ0n) is 20.8. The third kappa shape index (κ3) is 7.54. The van der Waals surface area contributed by atoms with E-state index in [9.17, 15) is 29.8 Å². The Hall–Kier alpha value is -3.92. The van der Waals surface area contributed by atoms with Gasteiger partial charge in [0, 0.05) is 20.6 Å². The van der Waals surface area contributed by atoms with Crippen molar-refractivity contribution in [2.45, 2.75) is 52.6 Å². The zero-order valence-corrected chi connectivity index (χ0v) is 20.8. The van der Waals surface area contributed by atoms with Crippen LogP contribution in [0.15, 0.2) is 0 Å². The lowest BCUT2D eigenvalue weighted by Crippen LogP contribution is -2.42. The second-order valence-electron chi connectivity index (χ2n) is 7.53. The summed E-state index contributed by atoms with van der Waals surface area (Å²) in [5, 5.41) is 28.8. The lowest BCUT2D eigenvalue weighted by Gasteiger charge is -2.02. The number of amides is 2. The number of primary amides is 2. The molecular weight excluding hydrogens is 480 g/mol. The van der Waals surface area contributed by atoms with Crippen LogP contribution in [0.1, 0.15) is 59.1 Å². The zero-order chi connectivity index (χ0) is 27.4. The van der Waals surface area contributed by atoms with E-state index >= 15 is 0 Å². The van der Waals surface area contributed by atoms with E-state index < -0.39 is 21.7 Å². The quantitative estimate of drug-likeness (QED) is 0.180. The van der Waals surface area contributed by atoms with E-state index in [1.165, 1.54) is 18.9 Å². The van der Waals surface area contributed by atoms with Crippen LogP contribution in [0.25, 0.3) is 0 Å². The molecule has 0 aliphatic heterocycles. The molecule has 0 radical (unpaired) electrons. The molecule has 0 saturated carbocycles. The Bertz CT molecular complexity index is 1070. The summed E-state index contributed by atoms with van der Waals surface area (Å²) in [5.41, 5.74) is 10.2. The average Bonchev–Trinajstić information content (AvgIpc) is 3.36. The molecule has 2 aromatic heterocycles. The van der Waals surface area contributed by atoms with Crippen molar-refractivity contribution in [1.29, 1.82) is 0 Å². The first-order chi connectivity index (χ1) is 17.0.